The van der Waals surface area contributed by atoms with E-state index in [-0.39, 0.29) is 49.3 Å². The van der Waals surface area contributed by atoms with Gasteiger partial charge in [-0.3, -0.25) is 19.7 Å². The first-order valence-electron chi connectivity index (χ1n) is 13.2. The van der Waals surface area contributed by atoms with E-state index in [1.165, 1.54) is 0 Å². The number of piperidine rings is 1. The topological polar surface area (TPSA) is 87.7 Å². The van der Waals surface area contributed by atoms with Crippen molar-refractivity contribution in [2.24, 2.45) is 5.92 Å². The fourth-order valence-corrected chi connectivity index (χ4v) is 6.42. The van der Waals surface area contributed by atoms with E-state index in [4.69, 9.17) is 4.74 Å². The molecule has 1 saturated heterocycles. The number of hydrogen-bond donors (Lipinski definition) is 2. The number of imide groups is 1. The number of halogens is 2. The summed E-state index contributed by atoms with van der Waals surface area (Å²) < 4.78 is 32.9. The average Bonchev–Trinajstić information content (AvgIpc) is 3.17. The second-order valence-electron chi connectivity index (χ2n) is 10.9. The summed E-state index contributed by atoms with van der Waals surface area (Å²) in [6, 6.07) is 5.59. The van der Waals surface area contributed by atoms with Crippen molar-refractivity contribution >= 4 is 17.7 Å². The van der Waals surface area contributed by atoms with Crippen LogP contribution in [0.1, 0.15) is 79.3 Å². The van der Waals surface area contributed by atoms with Crippen LogP contribution in [0.5, 0.6) is 0 Å². The van der Waals surface area contributed by atoms with Gasteiger partial charge in [0.2, 0.25) is 17.7 Å². The molecule has 4 aliphatic rings. The van der Waals surface area contributed by atoms with Gasteiger partial charge in [0, 0.05) is 50.6 Å². The minimum atomic E-state index is -2.54. The number of carbonyl (C=O) groups excluding carboxylic acids is 3. The predicted octanol–water partition coefficient (Wildman–Crippen LogP) is 3.34. The molecule has 2 unspecified atom stereocenters. The number of carbonyl (C=O) groups is 3. The molecule has 2 saturated carbocycles. The summed E-state index contributed by atoms with van der Waals surface area (Å²) >= 11 is 0. The van der Waals surface area contributed by atoms with Crippen molar-refractivity contribution in [3.05, 3.63) is 34.9 Å². The first kappa shape index (κ1) is 25.3. The van der Waals surface area contributed by atoms with Crippen LogP contribution in [0.4, 0.5) is 8.78 Å². The Morgan fingerprint density at radius 2 is 1.89 bits per heavy atom. The highest BCUT2D eigenvalue weighted by Crippen LogP contribution is 2.36. The van der Waals surface area contributed by atoms with Crippen molar-refractivity contribution in [2.75, 3.05) is 7.11 Å². The van der Waals surface area contributed by atoms with E-state index in [0.29, 0.717) is 37.3 Å². The number of nitrogens with zero attached hydrogens (tertiary/aromatic N) is 1. The maximum atomic E-state index is 13.6. The highest BCUT2D eigenvalue weighted by atomic mass is 19.3. The molecule has 2 heterocycles. The molecular weight excluding hydrogens is 468 g/mol. The summed E-state index contributed by atoms with van der Waals surface area (Å²) in [4.78, 5) is 38.4. The molecule has 0 aromatic heterocycles. The molecule has 3 amide bonds. The Morgan fingerprint density at radius 1 is 1.11 bits per heavy atom. The molecule has 2 aliphatic carbocycles. The van der Waals surface area contributed by atoms with Crippen molar-refractivity contribution < 1.29 is 27.9 Å². The number of fused-ring (bicyclic) bond motifs is 1. The largest absolute Gasteiger partial charge is 0.381 e. The van der Waals surface area contributed by atoms with Crippen LogP contribution in [0, 0.1) is 5.92 Å². The van der Waals surface area contributed by atoms with Crippen LogP contribution in [-0.4, -0.2) is 59.9 Å². The molecule has 7 nitrogen and oxygen atoms in total. The van der Waals surface area contributed by atoms with E-state index < -0.39 is 17.9 Å². The molecule has 0 spiro atoms. The fourth-order valence-electron chi connectivity index (χ4n) is 6.42. The Labute approximate surface area is 210 Å². The van der Waals surface area contributed by atoms with Crippen molar-refractivity contribution in [1.82, 2.24) is 15.5 Å². The van der Waals surface area contributed by atoms with Crippen LogP contribution in [0.2, 0.25) is 0 Å². The van der Waals surface area contributed by atoms with Crippen LogP contribution >= 0.6 is 0 Å². The molecule has 3 fully saturated rings. The lowest BCUT2D eigenvalue weighted by Gasteiger charge is -2.40. The summed E-state index contributed by atoms with van der Waals surface area (Å²) in [5, 5.41) is 6.04. The minimum Gasteiger partial charge on any atom is -0.381 e. The van der Waals surface area contributed by atoms with Crippen molar-refractivity contribution in [3.8, 4) is 0 Å². The zero-order valence-electron chi connectivity index (χ0n) is 20.7. The molecule has 2 N–H and O–H groups in total. The molecular formula is C27H35F2N3O4. The van der Waals surface area contributed by atoms with Gasteiger partial charge in [0.15, 0.2) is 0 Å². The van der Waals surface area contributed by atoms with Crippen molar-refractivity contribution in [2.45, 2.75) is 101 Å². The van der Waals surface area contributed by atoms with Gasteiger partial charge in [-0.15, -0.1) is 0 Å². The molecule has 1 aromatic carbocycles. The number of benzene rings is 1. The zero-order chi connectivity index (χ0) is 25.4. The van der Waals surface area contributed by atoms with Crippen LogP contribution in [-0.2, 0) is 27.3 Å². The number of amides is 3. The fraction of sp³-hybridized carbons (Fsp3) is 0.667. The number of rotatable bonds is 6. The van der Waals surface area contributed by atoms with Gasteiger partial charge in [0.05, 0.1) is 6.10 Å². The Bertz CT molecular complexity index is 1020. The van der Waals surface area contributed by atoms with Crippen molar-refractivity contribution in [1.29, 1.82) is 0 Å². The molecule has 2 aliphatic heterocycles. The van der Waals surface area contributed by atoms with Gasteiger partial charge in [0.25, 0.3) is 5.91 Å². The van der Waals surface area contributed by atoms with E-state index in [1.807, 2.05) is 12.1 Å². The van der Waals surface area contributed by atoms with Gasteiger partial charge in [-0.25, -0.2) is 8.78 Å². The second-order valence-corrected chi connectivity index (χ2v) is 10.9. The summed E-state index contributed by atoms with van der Waals surface area (Å²) in [6.45, 7) is 0.364. The Kier molecular flexibility index (Phi) is 7.14. The van der Waals surface area contributed by atoms with Crippen molar-refractivity contribution in [3.63, 3.8) is 0 Å². The van der Waals surface area contributed by atoms with Gasteiger partial charge in [-0.1, -0.05) is 12.1 Å². The first-order valence-corrected chi connectivity index (χ1v) is 13.2. The maximum absolute atomic E-state index is 13.6. The second kappa shape index (κ2) is 10.2. The molecule has 4 atom stereocenters. The normalized spacial score (nSPS) is 30.9. The monoisotopic (exact) mass is 503 g/mol. The molecule has 36 heavy (non-hydrogen) atoms. The molecule has 196 valence electrons. The molecule has 9 heteroatoms. The van der Waals surface area contributed by atoms with Gasteiger partial charge in [-0.2, -0.15) is 0 Å². The summed E-state index contributed by atoms with van der Waals surface area (Å²) in [5.74, 6) is -3.06. The number of nitrogens with one attached hydrogen (secondary N) is 2. The summed E-state index contributed by atoms with van der Waals surface area (Å²) in [5.41, 5.74) is 2.66. The lowest BCUT2D eigenvalue weighted by Crippen LogP contribution is -2.52. The highest BCUT2D eigenvalue weighted by Gasteiger charge is 2.40. The average molecular weight is 504 g/mol. The number of ether oxygens (including phenoxy) is 1. The zero-order valence-corrected chi connectivity index (χ0v) is 20.7. The van der Waals surface area contributed by atoms with Gasteiger partial charge in [0.1, 0.15) is 6.04 Å². The molecule has 0 bridgehead atoms. The number of hydrogen-bond acceptors (Lipinski definition) is 5. The smallest absolute Gasteiger partial charge is 0.255 e. The summed E-state index contributed by atoms with van der Waals surface area (Å²) in [7, 11) is 1.73. The van der Waals surface area contributed by atoms with Crippen LogP contribution in [0.15, 0.2) is 18.2 Å². The van der Waals surface area contributed by atoms with Crippen LogP contribution in [0.25, 0.3) is 0 Å². The van der Waals surface area contributed by atoms with Gasteiger partial charge in [-0.05, 0) is 68.1 Å². The summed E-state index contributed by atoms with van der Waals surface area (Å²) in [6.07, 6.45) is 5.26. The number of methoxy groups -OCH3 is 1. The Balaban J connectivity index is 1.26. The highest BCUT2D eigenvalue weighted by molar-refractivity contribution is 6.05. The van der Waals surface area contributed by atoms with Gasteiger partial charge >= 0.3 is 0 Å². The van der Waals surface area contributed by atoms with Gasteiger partial charge < -0.3 is 15.0 Å². The third kappa shape index (κ3) is 5.32. The maximum Gasteiger partial charge on any atom is 0.255 e. The predicted molar refractivity (Wildman–Crippen MR) is 128 cm³/mol. The Morgan fingerprint density at radius 3 is 2.61 bits per heavy atom. The quantitative estimate of drug-likeness (QED) is 0.582. The van der Waals surface area contributed by atoms with E-state index in [9.17, 15) is 23.2 Å². The van der Waals surface area contributed by atoms with E-state index >= 15 is 0 Å². The Hall–Kier alpha value is -2.39. The van der Waals surface area contributed by atoms with E-state index in [1.54, 1.807) is 12.0 Å². The third-order valence-electron chi connectivity index (χ3n) is 8.53. The molecule has 0 radical (unpaired) electrons. The van der Waals surface area contributed by atoms with Crippen LogP contribution < -0.4 is 10.6 Å². The minimum absolute atomic E-state index is 0.0573. The molecule has 5 rings (SSSR count). The van der Waals surface area contributed by atoms with E-state index in [2.05, 4.69) is 16.7 Å². The standard InChI is InChI=1S/C27H35F2N3O4/c1-36-20-4-3-17(22(14-20)30-19-8-10-27(28,29)11-9-19)12-16-2-5-21-18(13-16)15-32(26(21)35)23-6-7-24(33)31-25(23)34/h2,5,13,17,19-20,22-23,30H,3-4,6-12,14-15H2,1H3,(H,31,33,34)/t17-,20?,22+,23?/m1/s1. The lowest BCUT2D eigenvalue weighted by molar-refractivity contribution is -0.136. The first-order chi connectivity index (χ1) is 17.2. The third-order valence-corrected chi connectivity index (χ3v) is 8.53. The van der Waals surface area contributed by atoms with Crippen LogP contribution in [0.3, 0.4) is 0 Å². The molecule has 1 aromatic rings. The lowest BCUT2D eigenvalue weighted by atomic mass is 9.78. The van der Waals surface area contributed by atoms with E-state index in [0.717, 1.165) is 36.8 Å². The number of alkyl halides is 2. The SMILES string of the molecule is COC1CC[C@H](Cc2ccc3c(c2)CN(C2CCC(=O)NC2=O)C3=O)[C@@H](NC2CCC(F)(F)CC2)C1.